The van der Waals surface area contributed by atoms with Crippen molar-refractivity contribution in [3.63, 3.8) is 0 Å². The molecule has 0 fully saturated rings. The first-order valence-electron chi connectivity index (χ1n) is 7.32. The zero-order valence-corrected chi connectivity index (χ0v) is 13.2. The van der Waals surface area contributed by atoms with E-state index in [2.05, 4.69) is 30.7 Å². The Hall–Kier alpha value is -2.82. The molecule has 2 rings (SSSR count). The van der Waals surface area contributed by atoms with Crippen LogP contribution in [0, 0.1) is 0 Å². The van der Waals surface area contributed by atoms with Gasteiger partial charge in [-0.05, 0) is 23.1 Å². The maximum absolute atomic E-state index is 11.9. The molecule has 23 heavy (non-hydrogen) atoms. The molecule has 3 N–H and O–H groups in total. The molecule has 120 valence electrons. The molecule has 0 saturated heterocycles. The molecule has 1 amide bonds. The van der Waals surface area contributed by atoms with E-state index in [1.165, 1.54) is 17.8 Å². The molecule has 1 heterocycles. The number of pyridine rings is 1. The second kappa shape index (κ2) is 6.96. The molecule has 0 aliphatic rings. The summed E-state index contributed by atoms with van der Waals surface area (Å²) in [5.74, 6) is -0.501. The number of hydrogen-bond acceptors (Lipinski definition) is 4. The fraction of sp³-hybridized carbons (Fsp3) is 0.222. The summed E-state index contributed by atoms with van der Waals surface area (Å²) in [6, 6.07) is 9.48. The van der Waals surface area contributed by atoms with Gasteiger partial charge in [0.1, 0.15) is 11.5 Å². The summed E-state index contributed by atoms with van der Waals surface area (Å²) >= 11 is 0. The molecule has 1 aromatic carbocycles. The third-order valence-corrected chi connectivity index (χ3v) is 3.45. The van der Waals surface area contributed by atoms with E-state index in [1.54, 1.807) is 0 Å². The van der Waals surface area contributed by atoms with Crippen molar-refractivity contribution in [2.24, 2.45) is 0 Å². The number of aromatic nitrogens is 1. The average molecular weight is 312 g/mol. The number of nitrogens with one attached hydrogen (secondary N) is 1. The van der Waals surface area contributed by atoms with Gasteiger partial charge in [-0.3, -0.25) is 4.79 Å². The molecule has 1 aromatic heterocycles. The second-order valence-corrected chi connectivity index (χ2v) is 5.62. The highest BCUT2D eigenvalue weighted by Gasteiger charge is 2.14. The number of nitrogens with zero attached hydrogens (tertiary/aromatic N) is 1. The average Bonchev–Trinajstić information content (AvgIpc) is 2.52. The molecule has 0 spiro atoms. The van der Waals surface area contributed by atoms with Gasteiger partial charge in [-0.25, -0.2) is 4.98 Å². The Morgan fingerprint density at radius 2 is 1.91 bits per heavy atom. The third-order valence-electron chi connectivity index (χ3n) is 3.45. The number of amides is 1. The van der Waals surface area contributed by atoms with Crippen molar-refractivity contribution >= 4 is 5.91 Å². The van der Waals surface area contributed by atoms with Gasteiger partial charge in [0.05, 0.1) is 6.54 Å². The fourth-order valence-electron chi connectivity index (χ4n) is 2.11. The number of benzene rings is 1. The predicted octanol–water partition coefficient (Wildman–Crippen LogP) is 3.38. The van der Waals surface area contributed by atoms with E-state index in [-0.39, 0.29) is 23.7 Å². The van der Waals surface area contributed by atoms with E-state index in [9.17, 15) is 9.90 Å². The van der Waals surface area contributed by atoms with Crippen LogP contribution >= 0.6 is 0 Å². The van der Waals surface area contributed by atoms with Crippen LogP contribution in [0.1, 0.15) is 35.8 Å². The largest absolute Gasteiger partial charge is 0.511 e. The number of aliphatic hydroxyl groups excluding tert-OH is 1. The van der Waals surface area contributed by atoms with Gasteiger partial charge in [0.15, 0.2) is 5.69 Å². The molecule has 2 aromatic rings. The molecule has 5 nitrogen and oxygen atoms in total. The normalized spacial score (nSPS) is 10.6. The highest BCUT2D eigenvalue weighted by Crippen LogP contribution is 2.26. The Balaban J connectivity index is 2.21. The molecule has 0 bridgehead atoms. The smallest absolute Gasteiger partial charge is 0.274 e. The molecule has 0 radical (unpaired) electrons. The number of hydrogen-bond donors (Lipinski definition) is 3. The zero-order valence-electron chi connectivity index (χ0n) is 13.2. The Morgan fingerprint density at radius 3 is 2.43 bits per heavy atom. The van der Waals surface area contributed by atoms with Crippen LogP contribution < -0.4 is 5.32 Å². The lowest BCUT2D eigenvalue weighted by Crippen LogP contribution is -2.26. The maximum atomic E-state index is 11.9. The fourth-order valence-corrected chi connectivity index (χ4v) is 2.11. The van der Waals surface area contributed by atoms with Gasteiger partial charge in [0.25, 0.3) is 5.91 Å². The maximum Gasteiger partial charge on any atom is 0.274 e. The van der Waals surface area contributed by atoms with Crippen LogP contribution in [0.25, 0.3) is 11.1 Å². The molecule has 0 aliphatic carbocycles. The van der Waals surface area contributed by atoms with Crippen molar-refractivity contribution in [1.82, 2.24) is 10.3 Å². The van der Waals surface area contributed by atoms with Crippen molar-refractivity contribution in [2.75, 3.05) is 6.54 Å². The summed E-state index contributed by atoms with van der Waals surface area (Å²) in [6.45, 7) is 7.43. The van der Waals surface area contributed by atoms with E-state index in [0.717, 1.165) is 11.1 Å². The van der Waals surface area contributed by atoms with E-state index in [1.807, 2.05) is 24.3 Å². The lowest BCUT2D eigenvalue weighted by Gasteiger charge is -2.09. The standard InChI is InChI=1S/C18H20N2O3/c1-11(2)13-4-6-14(7-5-13)15-8-16(22)17(19-10-15)18(23)20-9-12(3)21/h4-8,10-11,21-22H,3,9H2,1-2H3,(H,20,23). The molecule has 0 aliphatic heterocycles. The first-order chi connectivity index (χ1) is 10.9. The molecule has 5 heteroatoms. The minimum atomic E-state index is -0.570. The molecular weight excluding hydrogens is 292 g/mol. The van der Waals surface area contributed by atoms with E-state index >= 15 is 0 Å². The first-order valence-corrected chi connectivity index (χ1v) is 7.32. The number of carbonyl (C=O) groups excluding carboxylic acids is 1. The van der Waals surface area contributed by atoms with E-state index in [0.29, 0.717) is 5.92 Å². The Morgan fingerprint density at radius 1 is 1.26 bits per heavy atom. The highest BCUT2D eigenvalue weighted by atomic mass is 16.3. The van der Waals surface area contributed by atoms with E-state index in [4.69, 9.17) is 5.11 Å². The Kier molecular flexibility index (Phi) is 5.01. The highest BCUT2D eigenvalue weighted by molar-refractivity contribution is 5.95. The van der Waals surface area contributed by atoms with Crippen LogP contribution in [0.4, 0.5) is 0 Å². The van der Waals surface area contributed by atoms with Gasteiger partial charge in [-0.2, -0.15) is 0 Å². The lowest BCUT2D eigenvalue weighted by atomic mass is 9.99. The van der Waals surface area contributed by atoms with Gasteiger partial charge < -0.3 is 15.5 Å². The van der Waals surface area contributed by atoms with Gasteiger partial charge in [0, 0.05) is 11.8 Å². The number of carbonyl (C=O) groups is 1. The van der Waals surface area contributed by atoms with Gasteiger partial charge in [-0.15, -0.1) is 0 Å². The van der Waals surface area contributed by atoms with Crippen LogP contribution in [0.3, 0.4) is 0 Å². The van der Waals surface area contributed by atoms with Gasteiger partial charge in [-0.1, -0.05) is 44.7 Å². The summed E-state index contributed by atoms with van der Waals surface area (Å²) in [6.07, 6.45) is 1.53. The van der Waals surface area contributed by atoms with Crippen LogP contribution in [-0.2, 0) is 0 Å². The summed E-state index contributed by atoms with van der Waals surface area (Å²) in [5.41, 5.74) is 2.77. The van der Waals surface area contributed by atoms with Crippen molar-refractivity contribution in [3.8, 4) is 16.9 Å². The molecular formula is C18H20N2O3. The monoisotopic (exact) mass is 312 g/mol. The SMILES string of the molecule is C=C(O)CNC(=O)c1ncc(-c2ccc(C(C)C)cc2)cc1O. The molecule has 0 saturated carbocycles. The number of rotatable bonds is 5. The quantitative estimate of drug-likeness (QED) is 0.739. The van der Waals surface area contributed by atoms with E-state index < -0.39 is 5.91 Å². The first kappa shape index (κ1) is 16.5. The topological polar surface area (TPSA) is 82.5 Å². The summed E-state index contributed by atoms with van der Waals surface area (Å²) in [5, 5.41) is 21.4. The minimum Gasteiger partial charge on any atom is -0.511 e. The lowest BCUT2D eigenvalue weighted by molar-refractivity contribution is 0.0944. The van der Waals surface area contributed by atoms with Crippen LogP contribution in [0.15, 0.2) is 48.9 Å². The summed E-state index contributed by atoms with van der Waals surface area (Å²) in [4.78, 5) is 15.9. The second-order valence-electron chi connectivity index (χ2n) is 5.62. The van der Waals surface area contributed by atoms with Crippen molar-refractivity contribution in [1.29, 1.82) is 0 Å². The number of aliphatic hydroxyl groups is 1. The number of aromatic hydroxyl groups is 1. The third kappa shape index (κ3) is 4.10. The Labute approximate surface area is 135 Å². The molecule has 0 atom stereocenters. The van der Waals surface area contributed by atoms with Crippen LogP contribution in [0.5, 0.6) is 5.75 Å². The van der Waals surface area contributed by atoms with Crippen molar-refractivity contribution in [2.45, 2.75) is 19.8 Å². The van der Waals surface area contributed by atoms with Crippen molar-refractivity contribution in [3.05, 3.63) is 60.1 Å². The minimum absolute atomic E-state index is 0.0850. The van der Waals surface area contributed by atoms with Crippen LogP contribution in [0.2, 0.25) is 0 Å². The zero-order chi connectivity index (χ0) is 17.0. The van der Waals surface area contributed by atoms with Gasteiger partial charge in [0.2, 0.25) is 0 Å². The molecule has 0 unspecified atom stereocenters. The van der Waals surface area contributed by atoms with Gasteiger partial charge >= 0.3 is 0 Å². The predicted molar refractivity (Wildman–Crippen MR) is 89.5 cm³/mol. The Bertz CT molecular complexity index is 722. The summed E-state index contributed by atoms with van der Waals surface area (Å²) in [7, 11) is 0. The van der Waals surface area contributed by atoms with Crippen molar-refractivity contribution < 1.29 is 15.0 Å². The van der Waals surface area contributed by atoms with Crippen LogP contribution in [-0.4, -0.2) is 27.6 Å². The summed E-state index contributed by atoms with van der Waals surface area (Å²) < 4.78 is 0.